The largest absolute Gasteiger partial charge is 0.484 e. The molecule has 0 aliphatic rings. The molecule has 28 heavy (non-hydrogen) atoms. The van der Waals surface area contributed by atoms with Gasteiger partial charge in [-0.1, -0.05) is 60.7 Å². The molecule has 0 aliphatic heterocycles. The van der Waals surface area contributed by atoms with Crippen LogP contribution >= 0.6 is 0 Å². The van der Waals surface area contributed by atoms with E-state index in [0.717, 1.165) is 11.1 Å². The minimum atomic E-state index is -2.88. The zero-order valence-corrected chi connectivity index (χ0v) is 14.9. The van der Waals surface area contributed by atoms with Gasteiger partial charge < -0.3 is 14.8 Å². The van der Waals surface area contributed by atoms with Gasteiger partial charge in [-0.3, -0.25) is 4.79 Å². The number of carbonyl (C=O) groups is 1. The lowest BCUT2D eigenvalue weighted by Gasteiger charge is -2.20. The third-order valence-corrected chi connectivity index (χ3v) is 3.99. The summed E-state index contributed by atoms with van der Waals surface area (Å²) in [6.45, 7) is -3.02. The number of alkyl halides is 2. The lowest BCUT2D eigenvalue weighted by molar-refractivity contribution is -0.123. The molecule has 0 unspecified atom stereocenters. The van der Waals surface area contributed by atoms with Crippen LogP contribution in [0.4, 0.5) is 8.78 Å². The van der Waals surface area contributed by atoms with Crippen LogP contribution in [0.1, 0.15) is 17.2 Å². The smallest absolute Gasteiger partial charge is 0.387 e. The summed E-state index contributed by atoms with van der Waals surface area (Å²) in [5, 5.41) is 2.93. The van der Waals surface area contributed by atoms with E-state index in [4.69, 9.17) is 4.74 Å². The van der Waals surface area contributed by atoms with Crippen molar-refractivity contribution >= 4 is 5.91 Å². The Labute approximate surface area is 161 Å². The first kappa shape index (κ1) is 19.4. The van der Waals surface area contributed by atoms with Gasteiger partial charge in [-0.2, -0.15) is 8.78 Å². The maximum absolute atomic E-state index is 12.4. The molecule has 4 nitrogen and oxygen atoms in total. The second-order valence-electron chi connectivity index (χ2n) is 5.96. The van der Waals surface area contributed by atoms with Crippen LogP contribution in [0.5, 0.6) is 11.5 Å². The molecule has 1 amide bonds. The molecule has 144 valence electrons. The van der Waals surface area contributed by atoms with Crippen molar-refractivity contribution in [2.24, 2.45) is 0 Å². The first-order chi connectivity index (χ1) is 13.6. The number of amides is 1. The fourth-order valence-electron chi connectivity index (χ4n) is 2.71. The van der Waals surface area contributed by atoms with Crippen LogP contribution < -0.4 is 14.8 Å². The van der Waals surface area contributed by atoms with Gasteiger partial charge in [0.2, 0.25) is 0 Å². The topological polar surface area (TPSA) is 47.6 Å². The number of para-hydroxylation sites is 1. The molecule has 0 aromatic heterocycles. The number of hydrogen-bond acceptors (Lipinski definition) is 3. The van der Waals surface area contributed by atoms with Crippen molar-refractivity contribution in [3.05, 3.63) is 96.1 Å². The van der Waals surface area contributed by atoms with Crippen molar-refractivity contribution < 1.29 is 23.0 Å². The number of nitrogens with one attached hydrogen (secondary N) is 1. The number of ether oxygens (including phenoxy) is 2. The highest BCUT2D eigenvalue weighted by molar-refractivity contribution is 5.78. The van der Waals surface area contributed by atoms with Crippen molar-refractivity contribution in [1.82, 2.24) is 5.32 Å². The Morgan fingerprint density at radius 2 is 1.36 bits per heavy atom. The normalized spacial score (nSPS) is 11.7. The van der Waals surface area contributed by atoms with Gasteiger partial charge in [0.15, 0.2) is 6.61 Å². The van der Waals surface area contributed by atoms with Gasteiger partial charge in [0.25, 0.3) is 5.91 Å². The van der Waals surface area contributed by atoms with Gasteiger partial charge in [0.05, 0.1) is 6.04 Å². The van der Waals surface area contributed by atoms with Crippen LogP contribution in [0.3, 0.4) is 0 Å². The summed E-state index contributed by atoms with van der Waals surface area (Å²) in [5.74, 6) is 0.359. The third-order valence-electron chi connectivity index (χ3n) is 3.99. The standard InChI is InChI=1S/C22H19F2NO3/c23-22(24)28-19-13-11-17(12-14-19)21(16-7-3-1-4-8-16)25-20(26)15-27-18-9-5-2-6-10-18/h1-14,21-22H,15H2,(H,25,26)/t21-/m0/s1. The van der Waals surface area contributed by atoms with Crippen LogP contribution in [0.2, 0.25) is 0 Å². The molecule has 1 N–H and O–H groups in total. The van der Waals surface area contributed by atoms with E-state index in [1.165, 1.54) is 12.1 Å². The summed E-state index contributed by atoms with van der Waals surface area (Å²) in [5.41, 5.74) is 1.60. The first-order valence-corrected chi connectivity index (χ1v) is 8.69. The Morgan fingerprint density at radius 3 is 1.96 bits per heavy atom. The maximum atomic E-state index is 12.4. The van der Waals surface area contributed by atoms with Gasteiger partial charge in [0.1, 0.15) is 11.5 Å². The number of rotatable bonds is 8. The summed E-state index contributed by atoms with van der Waals surface area (Å²) < 4.78 is 34.6. The molecule has 0 saturated heterocycles. The second-order valence-corrected chi connectivity index (χ2v) is 5.96. The van der Waals surface area contributed by atoms with Crippen molar-refractivity contribution in [2.45, 2.75) is 12.7 Å². The second kappa shape index (κ2) is 9.50. The Kier molecular flexibility index (Phi) is 6.57. The van der Waals surface area contributed by atoms with Crippen molar-refractivity contribution in [2.75, 3.05) is 6.61 Å². The average Bonchev–Trinajstić information content (AvgIpc) is 2.72. The SMILES string of the molecule is O=C(COc1ccccc1)N[C@@H](c1ccccc1)c1ccc(OC(F)F)cc1. The Balaban J connectivity index is 1.73. The highest BCUT2D eigenvalue weighted by atomic mass is 19.3. The molecule has 0 saturated carbocycles. The van der Waals surface area contributed by atoms with Crippen molar-refractivity contribution in [1.29, 1.82) is 0 Å². The van der Waals surface area contributed by atoms with Crippen LogP contribution in [0, 0.1) is 0 Å². The molecule has 6 heteroatoms. The van der Waals surface area contributed by atoms with E-state index < -0.39 is 12.7 Å². The van der Waals surface area contributed by atoms with E-state index in [1.54, 1.807) is 24.3 Å². The van der Waals surface area contributed by atoms with Crippen molar-refractivity contribution in [3.8, 4) is 11.5 Å². The lowest BCUT2D eigenvalue weighted by atomic mass is 9.98. The van der Waals surface area contributed by atoms with Gasteiger partial charge >= 0.3 is 6.61 Å². The summed E-state index contributed by atoms with van der Waals surface area (Å²) in [6.07, 6.45) is 0. The molecule has 0 radical (unpaired) electrons. The molecule has 0 fully saturated rings. The zero-order chi connectivity index (χ0) is 19.8. The number of benzene rings is 3. The van der Waals surface area contributed by atoms with Gasteiger partial charge in [0, 0.05) is 0 Å². The molecular formula is C22H19F2NO3. The average molecular weight is 383 g/mol. The van der Waals surface area contributed by atoms with Crippen LogP contribution in [-0.4, -0.2) is 19.1 Å². The summed E-state index contributed by atoms with van der Waals surface area (Å²) in [4.78, 5) is 12.4. The highest BCUT2D eigenvalue weighted by Gasteiger charge is 2.17. The quantitative estimate of drug-likeness (QED) is 0.620. The summed E-state index contributed by atoms with van der Waals surface area (Å²) >= 11 is 0. The van der Waals surface area contributed by atoms with Gasteiger partial charge in [-0.25, -0.2) is 0 Å². The fourth-order valence-corrected chi connectivity index (χ4v) is 2.71. The predicted octanol–water partition coefficient (Wildman–Crippen LogP) is 4.57. The molecule has 0 aliphatic carbocycles. The summed E-state index contributed by atoms with van der Waals surface area (Å²) in [6, 6.07) is 24.1. The maximum Gasteiger partial charge on any atom is 0.387 e. The van der Waals surface area contributed by atoms with Gasteiger partial charge in [-0.05, 0) is 35.4 Å². The highest BCUT2D eigenvalue weighted by Crippen LogP contribution is 2.25. The van der Waals surface area contributed by atoms with E-state index in [9.17, 15) is 13.6 Å². The predicted molar refractivity (Wildman–Crippen MR) is 101 cm³/mol. The number of halogens is 2. The third kappa shape index (κ3) is 5.54. The lowest BCUT2D eigenvalue weighted by Crippen LogP contribution is -2.33. The molecule has 0 heterocycles. The molecule has 1 atom stereocenters. The Morgan fingerprint density at radius 1 is 0.786 bits per heavy atom. The Hall–Kier alpha value is -3.41. The van der Waals surface area contributed by atoms with E-state index in [2.05, 4.69) is 10.1 Å². The number of carbonyl (C=O) groups excluding carboxylic acids is 1. The Bertz CT molecular complexity index is 871. The number of hydrogen-bond donors (Lipinski definition) is 1. The molecular weight excluding hydrogens is 364 g/mol. The summed E-state index contributed by atoms with van der Waals surface area (Å²) in [7, 11) is 0. The van der Waals surface area contributed by atoms with E-state index in [-0.39, 0.29) is 18.3 Å². The van der Waals surface area contributed by atoms with Crippen LogP contribution in [0.15, 0.2) is 84.9 Å². The molecule has 3 aromatic carbocycles. The van der Waals surface area contributed by atoms with Gasteiger partial charge in [-0.15, -0.1) is 0 Å². The van der Waals surface area contributed by atoms with E-state index in [1.807, 2.05) is 48.5 Å². The van der Waals surface area contributed by atoms with Crippen LogP contribution in [0.25, 0.3) is 0 Å². The molecule has 0 spiro atoms. The van der Waals surface area contributed by atoms with E-state index >= 15 is 0 Å². The minimum Gasteiger partial charge on any atom is -0.484 e. The molecule has 3 aromatic rings. The van der Waals surface area contributed by atoms with Crippen molar-refractivity contribution in [3.63, 3.8) is 0 Å². The first-order valence-electron chi connectivity index (χ1n) is 8.69. The molecule has 3 rings (SSSR count). The van der Waals surface area contributed by atoms with Crippen LogP contribution in [-0.2, 0) is 4.79 Å². The minimum absolute atomic E-state index is 0.0595. The fraction of sp³-hybridized carbons (Fsp3) is 0.136. The molecule has 0 bridgehead atoms. The monoisotopic (exact) mass is 383 g/mol. The van der Waals surface area contributed by atoms with E-state index in [0.29, 0.717) is 5.75 Å². The zero-order valence-electron chi connectivity index (χ0n) is 14.9.